The average molecular weight is 162 g/mol. The van der Waals surface area contributed by atoms with Crippen LogP contribution in [0.25, 0.3) is 0 Å². The minimum absolute atomic E-state index is 0.190. The van der Waals surface area contributed by atoms with Crippen molar-refractivity contribution in [2.75, 3.05) is 6.61 Å². The van der Waals surface area contributed by atoms with Gasteiger partial charge >= 0.3 is 0 Å². The predicted molar refractivity (Wildman–Crippen MR) is 32.6 cm³/mol. The Hall–Kier alpha value is -0.200. The first-order valence-electron chi connectivity index (χ1n) is 3.52. The highest BCUT2D eigenvalue weighted by atomic mass is 16.8. The molecule has 0 amide bonds. The summed E-state index contributed by atoms with van der Waals surface area (Å²) >= 11 is 0. The summed E-state index contributed by atoms with van der Waals surface area (Å²) < 4.78 is 10.0. The minimum atomic E-state index is -0.970. The van der Waals surface area contributed by atoms with Gasteiger partial charge in [0.2, 0.25) is 0 Å². The van der Waals surface area contributed by atoms with Crippen molar-refractivity contribution in [2.45, 2.75) is 30.7 Å². The zero-order valence-electron chi connectivity index (χ0n) is 5.75. The van der Waals surface area contributed by atoms with Crippen LogP contribution >= 0.6 is 0 Å². The molecule has 3 N–H and O–H groups in total. The van der Waals surface area contributed by atoms with Gasteiger partial charge in [0.25, 0.3) is 0 Å². The van der Waals surface area contributed by atoms with Gasteiger partial charge in [-0.2, -0.15) is 0 Å². The molecule has 0 radical (unpaired) electrons. The average Bonchev–Trinajstić information content (AvgIpc) is 2.53. The van der Waals surface area contributed by atoms with Crippen LogP contribution in [-0.4, -0.2) is 52.6 Å². The molecule has 0 aromatic carbocycles. The zero-order chi connectivity index (χ0) is 8.01. The van der Waals surface area contributed by atoms with Gasteiger partial charge in [-0.25, -0.2) is 0 Å². The molecule has 5 atom stereocenters. The lowest BCUT2D eigenvalue weighted by Crippen LogP contribution is -2.46. The van der Waals surface area contributed by atoms with E-state index in [2.05, 4.69) is 0 Å². The topological polar surface area (TPSA) is 79.2 Å². The SMILES string of the molecule is OC[C@H]1OC2O[C@@H]1[C@H](O)[C@H]2O. The number of hydrogen-bond donors (Lipinski definition) is 3. The molecule has 2 aliphatic rings. The molecule has 2 fully saturated rings. The Labute approximate surface area is 63.2 Å². The van der Waals surface area contributed by atoms with Crippen LogP contribution in [0.15, 0.2) is 0 Å². The molecule has 2 saturated heterocycles. The van der Waals surface area contributed by atoms with Gasteiger partial charge in [-0.1, -0.05) is 0 Å². The van der Waals surface area contributed by atoms with E-state index in [1.807, 2.05) is 0 Å². The van der Waals surface area contributed by atoms with E-state index in [0.717, 1.165) is 0 Å². The summed E-state index contributed by atoms with van der Waals surface area (Å²) in [5.74, 6) is 0. The third-order valence-corrected chi connectivity index (χ3v) is 2.11. The van der Waals surface area contributed by atoms with E-state index in [0.29, 0.717) is 0 Å². The van der Waals surface area contributed by atoms with Gasteiger partial charge in [0, 0.05) is 0 Å². The van der Waals surface area contributed by atoms with Crippen LogP contribution in [0, 0.1) is 0 Å². The molecule has 2 heterocycles. The standard InChI is InChI=1S/C6H10O5/c7-1-2-5-3(8)4(9)6(10-2)11-5/h2-9H,1H2/t2-,3-,4-,5+,6?/m1/s1. The van der Waals surface area contributed by atoms with Gasteiger partial charge < -0.3 is 24.8 Å². The number of aliphatic hydroxyl groups is 3. The zero-order valence-corrected chi connectivity index (χ0v) is 5.75. The van der Waals surface area contributed by atoms with Crippen LogP contribution in [0.3, 0.4) is 0 Å². The molecule has 0 spiro atoms. The van der Waals surface area contributed by atoms with Crippen molar-refractivity contribution in [3.63, 3.8) is 0 Å². The Bertz CT molecular complexity index is 155. The van der Waals surface area contributed by atoms with Gasteiger partial charge in [-0.15, -0.1) is 0 Å². The number of aliphatic hydroxyl groups excluding tert-OH is 3. The van der Waals surface area contributed by atoms with Crippen LogP contribution < -0.4 is 0 Å². The monoisotopic (exact) mass is 162 g/mol. The largest absolute Gasteiger partial charge is 0.394 e. The van der Waals surface area contributed by atoms with E-state index in [1.165, 1.54) is 0 Å². The fourth-order valence-corrected chi connectivity index (χ4v) is 1.49. The summed E-state index contributed by atoms with van der Waals surface area (Å²) in [6, 6.07) is 0. The normalized spacial score (nSPS) is 55.4. The second kappa shape index (κ2) is 2.40. The van der Waals surface area contributed by atoms with Gasteiger partial charge in [0.05, 0.1) is 6.61 Å². The molecular formula is C6H10O5. The molecule has 5 heteroatoms. The molecule has 0 saturated carbocycles. The van der Waals surface area contributed by atoms with Crippen LogP contribution in [0.2, 0.25) is 0 Å². The lowest BCUT2D eigenvalue weighted by Gasteiger charge is -2.24. The highest BCUT2D eigenvalue weighted by molar-refractivity contribution is 4.96. The second-order valence-electron chi connectivity index (χ2n) is 2.81. The molecule has 0 aliphatic carbocycles. The van der Waals surface area contributed by atoms with Gasteiger partial charge in [-0.05, 0) is 0 Å². The Morgan fingerprint density at radius 1 is 1.09 bits per heavy atom. The number of hydrogen-bond acceptors (Lipinski definition) is 5. The van der Waals surface area contributed by atoms with E-state index in [1.54, 1.807) is 0 Å². The lowest BCUT2D eigenvalue weighted by atomic mass is 10.0. The van der Waals surface area contributed by atoms with Crippen LogP contribution in [0.4, 0.5) is 0 Å². The maximum atomic E-state index is 9.22. The Kier molecular flexibility index (Phi) is 1.62. The molecule has 5 nitrogen and oxygen atoms in total. The molecule has 64 valence electrons. The van der Waals surface area contributed by atoms with Crippen LogP contribution in [0.1, 0.15) is 0 Å². The molecule has 2 aliphatic heterocycles. The van der Waals surface area contributed by atoms with Crippen molar-refractivity contribution in [1.29, 1.82) is 0 Å². The third-order valence-electron chi connectivity index (χ3n) is 2.11. The fourth-order valence-electron chi connectivity index (χ4n) is 1.49. The van der Waals surface area contributed by atoms with Crippen molar-refractivity contribution in [3.8, 4) is 0 Å². The minimum Gasteiger partial charge on any atom is -0.394 e. The summed E-state index contributed by atoms with van der Waals surface area (Å²) in [7, 11) is 0. The highest BCUT2D eigenvalue weighted by Gasteiger charge is 2.54. The highest BCUT2D eigenvalue weighted by Crippen LogP contribution is 2.33. The van der Waals surface area contributed by atoms with E-state index in [4.69, 9.17) is 19.7 Å². The van der Waals surface area contributed by atoms with E-state index < -0.39 is 30.7 Å². The molecular weight excluding hydrogens is 152 g/mol. The molecule has 0 aromatic rings. The van der Waals surface area contributed by atoms with E-state index >= 15 is 0 Å². The maximum Gasteiger partial charge on any atom is 0.187 e. The van der Waals surface area contributed by atoms with Crippen molar-refractivity contribution in [1.82, 2.24) is 0 Å². The maximum absolute atomic E-state index is 9.22. The smallest absolute Gasteiger partial charge is 0.187 e. The molecule has 1 unspecified atom stereocenters. The summed E-state index contributed by atoms with van der Waals surface area (Å²) in [6.07, 6.45) is -3.71. The molecule has 11 heavy (non-hydrogen) atoms. The van der Waals surface area contributed by atoms with Crippen molar-refractivity contribution in [2.24, 2.45) is 0 Å². The fraction of sp³-hybridized carbons (Fsp3) is 1.00. The molecule has 2 rings (SSSR count). The summed E-state index contributed by atoms with van der Waals surface area (Å²) in [4.78, 5) is 0. The van der Waals surface area contributed by atoms with Crippen molar-refractivity contribution >= 4 is 0 Å². The Morgan fingerprint density at radius 2 is 1.82 bits per heavy atom. The first-order valence-corrected chi connectivity index (χ1v) is 3.52. The first-order chi connectivity index (χ1) is 5.24. The summed E-state index contributed by atoms with van der Waals surface area (Å²) in [5.41, 5.74) is 0. The van der Waals surface area contributed by atoms with Gasteiger partial charge in [0.1, 0.15) is 24.4 Å². The van der Waals surface area contributed by atoms with Crippen LogP contribution in [-0.2, 0) is 9.47 Å². The Morgan fingerprint density at radius 3 is 2.27 bits per heavy atom. The van der Waals surface area contributed by atoms with Gasteiger partial charge in [-0.3, -0.25) is 0 Å². The number of rotatable bonds is 1. The van der Waals surface area contributed by atoms with E-state index in [-0.39, 0.29) is 6.61 Å². The third kappa shape index (κ3) is 0.896. The molecule has 0 aromatic heterocycles. The number of ether oxygens (including phenoxy) is 2. The predicted octanol–water partition coefficient (Wildman–Crippen LogP) is -2.18. The van der Waals surface area contributed by atoms with Crippen LogP contribution in [0.5, 0.6) is 0 Å². The van der Waals surface area contributed by atoms with E-state index in [9.17, 15) is 5.11 Å². The summed E-state index contributed by atoms with van der Waals surface area (Å²) in [5, 5.41) is 27.0. The van der Waals surface area contributed by atoms with Gasteiger partial charge in [0.15, 0.2) is 6.29 Å². The Balaban J connectivity index is 2.10. The first kappa shape index (κ1) is 7.45. The summed E-state index contributed by atoms with van der Waals surface area (Å²) in [6.45, 7) is -0.190. The molecule has 2 bridgehead atoms. The van der Waals surface area contributed by atoms with Crippen molar-refractivity contribution in [3.05, 3.63) is 0 Å². The number of fused-ring (bicyclic) bond motifs is 2. The second-order valence-corrected chi connectivity index (χ2v) is 2.81. The van der Waals surface area contributed by atoms with Crippen molar-refractivity contribution < 1.29 is 24.8 Å². The lowest BCUT2D eigenvalue weighted by molar-refractivity contribution is -0.141. The quantitative estimate of drug-likeness (QED) is 0.408.